The Hall–Kier alpha value is -4.90. The van der Waals surface area contributed by atoms with Crippen molar-refractivity contribution in [2.75, 3.05) is 17.5 Å². The number of halogens is 2. The highest BCUT2D eigenvalue weighted by Gasteiger charge is 2.33. The quantitative estimate of drug-likeness (QED) is 0.134. The van der Waals surface area contributed by atoms with Crippen LogP contribution in [0.2, 0.25) is 10.0 Å². The summed E-state index contributed by atoms with van der Waals surface area (Å²) in [5, 5.41) is 0.980. The normalized spacial score (nSPS) is 14.0. The molecule has 6 rings (SSSR count). The molecule has 1 aromatic heterocycles. The third-order valence-electron chi connectivity index (χ3n) is 7.48. The van der Waals surface area contributed by atoms with E-state index in [0.717, 1.165) is 43.6 Å². The van der Waals surface area contributed by atoms with Crippen LogP contribution in [0.3, 0.4) is 0 Å². The van der Waals surface area contributed by atoms with Crippen LogP contribution in [0, 0.1) is 0 Å². The van der Waals surface area contributed by atoms with E-state index in [2.05, 4.69) is 0 Å². The number of anilines is 1. The number of hydrogen-bond acceptors (Lipinski definition) is 6. The summed E-state index contributed by atoms with van der Waals surface area (Å²) in [6, 6.07) is 28.2. The lowest BCUT2D eigenvalue weighted by Gasteiger charge is -2.15. The van der Waals surface area contributed by atoms with Gasteiger partial charge in [0.05, 0.1) is 23.0 Å². The SMILES string of the molecule is CCOC(=O)/C=C/c1ccc(-c2ccc(Cc3nc(-c4ccc(Cl)cc4Cl)cn3-c3ccc(N4CC(=O)NS4(=O)=O)cc3)cc2)cc1. The number of benzene rings is 4. The molecule has 5 aromatic rings. The van der Waals surface area contributed by atoms with E-state index in [1.165, 1.54) is 6.08 Å². The van der Waals surface area contributed by atoms with Crippen molar-refractivity contribution in [3.63, 3.8) is 0 Å². The summed E-state index contributed by atoms with van der Waals surface area (Å²) in [6.07, 6.45) is 5.50. The minimum atomic E-state index is -3.92. The van der Waals surface area contributed by atoms with Crippen LogP contribution >= 0.6 is 23.2 Å². The van der Waals surface area contributed by atoms with Gasteiger partial charge >= 0.3 is 16.2 Å². The van der Waals surface area contributed by atoms with Gasteiger partial charge in [-0.05, 0) is 77.7 Å². The molecule has 2 heterocycles. The largest absolute Gasteiger partial charge is 0.463 e. The first-order chi connectivity index (χ1) is 22.6. The van der Waals surface area contributed by atoms with Crippen molar-refractivity contribution in [3.8, 4) is 28.1 Å². The summed E-state index contributed by atoms with van der Waals surface area (Å²) >= 11 is 12.7. The fourth-order valence-electron chi connectivity index (χ4n) is 5.19. The van der Waals surface area contributed by atoms with Gasteiger partial charge in [0.15, 0.2) is 0 Å². The molecule has 0 unspecified atom stereocenters. The summed E-state index contributed by atoms with van der Waals surface area (Å²) in [5.74, 6) is -0.224. The molecule has 1 aliphatic rings. The standard InChI is InChI=1S/C35H28Cl2N4O5S/c1-2-46-35(43)18-7-23-3-8-25(9-4-23)26-10-5-24(6-11-26)19-33-38-32(30-17-12-27(36)20-31(30)37)21-40(33)28-13-15-29(16-14-28)41-22-34(42)39-47(41,44)45/h3-18,20-21H,2,19,22H2,1H3,(H,39,42)/b18-7+. The Morgan fingerprint density at radius 2 is 1.60 bits per heavy atom. The fourth-order valence-corrected chi connectivity index (χ4v) is 6.84. The van der Waals surface area contributed by atoms with Gasteiger partial charge in [-0.25, -0.2) is 18.8 Å². The summed E-state index contributed by atoms with van der Waals surface area (Å²) in [7, 11) is -3.92. The molecule has 0 aliphatic carbocycles. The number of imidazole rings is 1. The van der Waals surface area contributed by atoms with Crippen LogP contribution in [0.1, 0.15) is 23.9 Å². The van der Waals surface area contributed by atoms with Gasteiger partial charge in [0.1, 0.15) is 12.4 Å². The zero-order valence-electron chi connectivity index (χ0n) is 25.1. The van der Waals surface area contributed by atoms with Crippen molar-refractivity contribution < 1.29 is 22.7 Å². The van der Waals surface area contributed by atoms with Crippen molar-refractivity contribution in [2.45, 2.75) is 13.3 Å². The molecule has 238 valence electrons. The van der Waals surface area contributed by atoms with E-state index in [-0.39, 0.29) is 12.5 Å². The Bertz CT molecular complexity index is 2090. The molecule has 0 spiro atoms. The Morgan fingerprint density at radius 3 is 2.21 bits per heavy atom. The van der Waals surface area contributed by atoms with Gasteiger partial charge in [-0.3, -0.25) is 4.79 Å². The lowest BCUT2D eigenvalue weighted by Crippen LogP contribution is -2.29. The second-order valence-electron chi connectivity index (χ2n) is 10.7. The van der Waals surface area contributed by atoms with Crippen molar-refractivity contribution in [3.05, 3.63) is 130 Å². The smallest absolute Gasteiger partial charge is 0.330 e. The van der Waals surface area contributed by atoms with E-state index in [0.29, 0.717) is 34.5 Å². The summed E-state index contributed by atoms with van der Waals surface area (Å²) < 4.78 is 34.6. The maximum Gasteiger partial charge on any atom is 0.330 e. The molecule has 1 saturated heterocycles. The minimum absolute atomic E-state index is 0.274. The second-order valence-corrected chi connectivity index (χ2v) is 13.1. The molecule has 0 saturated carbocycles. The zero-order chi connectivity index (χ0) is 33.1. The van der Waals surface area contributed by atoms with E-state index < -0.39 is 16.1 Å². The number of hydrogen-bond donors (Lipinski definition) is 1. The van der Waals surface area contributed by atoms with E-state index in [1.54, 1.807) is 49.4 Å². The van der Waals surface area contributed by atoms with Gasteiger partial charge in [0.2, 0.25) is 0 Å². The molecule has 1 amide bonds. The molecule has 0 bridgehead atoms. The van der Waals surface area contributed by atoms with Crippen molar-refractivity contribution in [1.29, 1.82) is 0 Å². The summed E-state index contributed by atoms with van der Waals surface area (Å²) in [4.78, 5) is 28.3. The molecule has 1 fully saturated rings. The molecular formula is C35H28Cl2N4O5S. The van der Waals surface area contributed by atoms with E-state index in [4.69, 9.17) is 32.9 Å². The molecule has 9 nitrogen and oxygen atoms in total. The number of ether oxygens (including phenoxy) is 1. The Kier molecular flexibility index (Phi) is 9.17. The van der Waals surface area contributed by atoms with Gasteiger partial charge in [-0.15, -0.1) is 0 Å². The third kappa shape index (κ3) is 7.25. The topological polar surface area (TPSA) is 111 Å². The van der Waals surface area contributed by atoms with Crippen LogP contribution in [0.5, 0.6) is 0 Å². The number of carbonyl (C=O) groups is 2. The second kappa shape index (κ2) is 13.4. The molecule has 0 atom stereocenters. The molecule has 0 radical (unpaired) electrons. The first-order valence-electron chi connectivity index (χ1n) is 14.6. The molecule has 1 aliphatic heterocycles. The Morgan fingerprint density at radius 1 is 0.936 bits per heavy atom. The number of amides is 1. The third-order valence-corrected chi connectivity index (χ3v) is 9.43. The van der Waals surface area contributed by atoms with Crippen LogP contribution in [-0.2, 0) is 31.0 Å². The number of carbonyl (C=O) groups excluding carboxylic acids is 2. The predicted octanol–water partition coefficient (Wildman–Crippen LogP) is 6.86. The van der Waals surface area contributed by atoms with Crippen LogP contribution in [0.4, 0.5) is 5.69 Å². The highest BCUT2D eigenvalue weighted by Crippen LogP contribution is 2.32. The van der Waals surface area contributed by atoms with Gasteiger partial charge in [-0.1, -0.05) is 71.7 Å². The molecule has 47 heavy (non-hydrogen) atoms. The predicted molar refractivity (Wildman–Crippen MR) is 184 cm³/mol. The lowest BCUT2D eigenvalue weighted by molar-refractivity contribution is -0.137. The lowest BCUT2D eigenvalue weighted by atomic mass is 10.0. The van der Waals surface area contributed by atoms with Crippen molar-refractivity contribution >= 4 is 57.1 Å². The van der Waals surface area contributed by atoms with Crippen LogP contribution in [0.15, 0.2) is 103 Å². The number of nitrogens with one attached hydrogen (secondary N) is 1. The van der Waals surface area contributed by atoms with Crippen LogP contribution in [0.25, 0.3) is 34.1 Å². The van der Waals surface area contributed by atoms with Crippen molar-refractivity contribution in [1.82, 2.24) is 14.3 Å². The average molecular weight is 688 g/mol. The van der Waals surface area contributed by atoms with E-state index >= 15 is 0 Å². The van der Waals surface area contributed by atoms with Crippen LogP contribution < -0.4 is 9.03 Å². The average Bonchev–Trinajstić information content (AvgIpc) is 3.59. The summed E-state index contributed by atoms with van der Waals surface area (Å²) in [5.41, 5.74) is 6.46. The first kappa shape index (κ1) is 32.1. The first-order valence-corrected chi connectivity index (χ1v) is 16.8. The zero-order valence-corrected chi connectivity index (χ0v) is 27.4. The maximum absolute atomic E-state index is 12.3. The Balaban J connectivity index is 1.27. The van der Waals surface area contributed by atoms with Gasteiger partial charge < -0.3 is 9.30 Å². The molecule has 12 heteroatoms. The highest BCUT2D eigenvalue weighted by atomic mass is 35.5. The van der Waals surface area contributed by atoms with E-state index in [1.807, 2.05) is 70.1 Å². The number of nitrogens with zero attached hydrogens (tertiary/aromatic N) is 3. The number of aromatic nitrogens is 2. The van der Waals surface area contributed by atoms with Crippen LogP contribution in [-0.4, -0.2) is 43.0 Å². The number of esters is 1. The van der Waals surface area contributed by atoms with Crippen molar-refractivity contribution in [2.24, 2.45) is 0 Å². The monoisotopic (exact) mass is 686 g/mol. The fraction of sp³-hybridized carbons (Fsp3) is 0.114. The maximum atomic E-state index is 12.3. The van der Waals surface area contributed by atoms with Gasteiger partial charge in [0.25, 0.3) is 5.91 Å². The Labute approximate surface area is 282 Å². The highest BCUT2D eigenvalue weighted by molar-refractivity contribution is 7.92. The number of rotatable bonds is 9. The van der Waals surface area contributed by atoms with E-state index in [9.17, 15) is 18.0 Å². The molecular weight excluding hydrogens is 659 g/mol. The molecule has 4 aromatic carbocycles. The van der Waals surface area contributed by atoms with Gasteiger partial charge in [-0.2, -0.15) is 8.42 Å². The van der Waals surface area contributed by atoms with Gasteiger partial charge in [0, 0.05) is 35.0 Å². The minimum Gasteiger partial charge on any atom is -0.463 e. The summed E-state index contributed by atoms with van der Waals surface area (Å²) in [6.45, 7) is 1.83. The molecule has 1 N–H and O–H groups in total.